The summed E-state index contributed by atoms with van der Waals surface area (Å²) in [7, 11) is 7.91. The molecule has 2 rings (SSSR count). The van der Waals surface area contributed by atoms with Gasteiger partial charge in [0.2, 0.25) is 0 Å². The van der Waals surface area contributed by atoms with E-state index in [1.807, 2.05) is 7.05 Å². The van der Waals surface area contributed by atoms with Gasteiger partial charge in [0.05, 0.1) is 12.6 Å². The van der Waals surface area contributed by atoms with Crippen molar-refractivity contribution in [3.8, 4) is 0 Å². The molecule has 1 N–H and O–H groups in total. The van der Waals surface area contributed by atoms with Crippen molar-refractivity contribution >= 4 is 29.9 Å². The molecular formula is C20H35IN4O. The maximum Gasteiger partial charge on any atom is 0.193 e. The fraction of sp³-hybridized carbons (Fsp3) is 0.650. The van der Waals surface area contributed by atoms with Crippen LogP contribution in [0.5, 0.6) is 0 Å². The Hall–Kier alpha value is -0.860. The highest BCUT2D eigenvalue weighted by atomic mass is 127. The molecule has 148 valence electrons. The molecule has 1 aromatic carbocycles. The summed E-state index contributed by atoms with van der Waals surface area (Å²) in [5, 5.41) is 3.58. The van der Waals surface area contributed by atoms with Gasteiger partial charge in [0, 0.05) is 39.7 Å². The lowest BCUT2D eigenvalue weighted by atomic mass is 10.0. The predicted octanol–water partition coefficient (Wildman–Crippen LogP) is 3.01. The number of likely N-dealkylation sites (tertiary alicyclic amines) is 1. The van der Waals surface area contributed by atoms with Crippen molar-refractivity contribution in [3.05, 3.63) is 35.4 Å². The lowest BCUT2D eigenvalue weighted by Crippen LogP contribution is -2.43. The van der Waals surface area contributed by atoms with E-state index in [0.29, 0.717) is 12.0 Å². The number of nitrogens with one attached hydrogen (secondary N) is 1. The highest BCUT2D eigenvalue weighted by molar-refractivity contribution is 14.0. The van der Waals surface area contributed by atoms with E-state index in [-0.39, 0.29) is 24.0 Å². The number of likely N-dealkylation sites (N-methyl/N-ethyl adjacent to an activating group) is 1. The second-order valence-corrected chi connectivity index (χ2v) is 7.06. The van der Waals surface area contributed by atoms with Crippen LogP contribution in [0, 0.1) is 5.92 Å². The van der Waals surface area contributed by atoms with Crippen LogP contribution < -0.4 is 5.32 Å². The van der Waals surface area contributed by atoms with Crippen molar-refractivity contribution in [1.82, 2.24) is 15.1 Å². The minimum Gasteiger partial charge on any atom is -0.384 e. The molecular weight excluding hydrogens is 439 g/mol. The molecule has 0 saturated carbocycles. The van der Waals surface area contributed by atoms with E-state index in [1.165, 1.54) is 17.5 Å². The Balaban J connectivity index is 0.00000338. The van der Waals surface area contributed by atoms with Gasteiger partial charge in [-0.3, -0.25) is 4.99 Å². The van der Waals surface area contributed by atoms with Crippen LogP contribution in [0.15, 0.2) is 29.3 Å². The average molecular weight is 474 g/mol. The fourth-order valence-electron chi connectivity index (χ4n) is 3.49. The molecule has 0 spiro atoms. The second kappa shape index (κ2) is 11.8. The summed E-state index contributed by atoms with van der Waals surface area (Å²) in [5.41, 5.74) is 2.72. The standard InChI is InChI=1S/C20H34N4O.HI/c1-6-16-7-9-18(10-8-16)19(23(3)4)13-22-20(21-2)24-12-11-17(14-24)15-25-5;/h7-10,17,19H,6,11-15H2,1-5H3,(H,21,22);1H. The molecule has 2 unspecified atom stereocenters. The van der Waals surface area contributed by atoms with E-state index in [0.717, 1.165) is 38.6 Å². The van der Waals surface area contributed by atoms with E-state index in [4.69, 9.17) is 4.74 Å². The molecule has 26 heavy (non-hydrogen) atoms. The Kier molecular flexibility index (Phi) is 10.5. The van der Waals surface area contributed by atoms with Gasteiger partial charge in [-0.2, -0.15) is 0 Å². The number of aryl methyl sites for hydroxylation is 1. The molecule has 1 saturated heterocycles. The first-order valence-corrected chi connectivity index (χ1v) is 9.28. The molecule has 5 nitrogen and oxygen atoms in total. The van der Waals surface area contributed by atoms with E-state index in [2.05, 4.69) is 65.4 Å². The van der Waals surface area contributed by atoms with Gasteiger partial charge >= 0.3 is 0 Å². The van der Waals surface area contributed by atoms with Gasteiger partial charge in [-0.05, 0) is 38.1 Å². The Bertz CT molecular complexity index is 547. The van der Waals surface area contributed by atoms with Crippen LogP contribution in [-0.2, 0) is 11.2 Å². The molecule has 6 heteroatoms. The van der Waals surface area contributed by atoms with E-state index in [9.17, 15) is 0 Å². The lowest BCUT2D eigenvalue weighted by Gasteiger charge is -2.28. The number of methoxy groups -OCH3 is 1. The van der Waals surface area contributed by atoms with Crippen LogP contribution >= 0.6 is 24.0 Å². The number of guanidine groups is 1. The molecule has 1 aliphatic rings. The van der Waals surface area contributed by atoms with Gasteiger partial charge in [-0.25, -0.2) is 0 Å². The third kappa shape index (κ3) is 6.39. The van der Waals surface area contributed by atoms with Crippen LogP contribution in [-0.4, -0.2) is 70.3 Å². The number of halogens is 1. The van der Waals surface area contributed by atoms with Crippen LogP contribution in [0.25, 0.3) is 0 Å². The summed E-state index contributed by atoms with van der Waals surface area (Å²) in [4.78, 5) is 9.10. The molecule has 0 amide bonds. The van der Waals surface area contributed by atoms with Crippen molar-refractivity contribution in [2.75, 3.05) is 54.5 Å². The summed E-state index contributed by atoms with van der Waals surface area (Å²) >= 11 is 0. The zero-order valence-electron chi connectivity index (χ0n) is 16.9. The summed E-state index contributed by atoms with van der Waals surface area (Å²) in [6.45, 7) is 5.93. The van der Waals surface area contributed by atoms with E-state index in [1.54, 1.807) is 7.11 Å². The van der Waals surface area contributed by atoms with E-state index < -0.39 is 0 Å². The Morgan fingerprint density at radius 3 is 2.58 bits per heavy atom. The molecule has 0 aliphatic carbocycles. The minimum absolute atomic E-state index is 0. The van der Waals surface area contributed by atoms with Crippen molar-refractivity contribution in [1.29, 1.82) is 0 Å². The van der Waals surface area contributed by atoms with E-state index >= 15 is 0 Å². The van der Waals surface area contributed by atoms with Crippen LogP contribution in [0.2, 0.25) is 0 Å². The molecule has 0 aromatic heterocycles. The SMILES string of the molecule is CCc1ccc(C(CNC(=NC)N2CCC(COC)C2)N(C)C)cc1.I. The Labute approximate surface area is 176 Å². The summed E-state index contributed by atoms with van der Waals surface area (Å²) in [6, 6.07) is 9.28. The average Bonchev–Trinajstić information content (AvgIpc) is 3.07. The number of rotatable bonds is 7. The number of ether oxygens (including phenoxy) is 1. The third-order valence-corrected chi connectivity index (χ3v) is 5.05. The highest BCUT2D eigenvalue weighted by Gasteiger charge is 2.25. The topological polar surface area (TPSA) is 40.1 Å². The fourth-order valence-corrected chi connectivity index (χ4v) is 3.49. The first kappa shape index (κ1) is 23.2. The molecule has 2 atom stereocenters. The van der Waals surface area contributed by atoms with Gasteiger partial charge < -0.3 is 19.9 Å². The molecule has 1 heterocycles. The van der Waals surface area contributed by atoms with Gasteiger partial charge in [0.25, 0.3) is 0 Å². The molecule has 1 aliphatic heterocycles. The highest BCUT2D eigenvalue weighted by Crippen LogP contribution is 2.20. The smallest absolute Gasteiger partial charge is 0.193 e. The zero-order valence-corrected chi connectivity index (χ0v) is 19.2. The quantitative estimate of drug-likeness (QED) is 0.375. The predicted molar refractivity (Wildman–Crippen MR) is 121 cm³/mol. The van der Waals surface area contributed by atoms with Gasteiger partial charge in [0.15, 0.2) is 5.96 Å². The first-order chi connectivity index (χ1) is 12.1. The summed E-state index contributed by atoms with van der Waals surface area (Å²) < 4.78 is 5.30. The first-order valence-electron chi connectivity index (χ1n) is 9.28. The van der Waals surface area contributed by atoms with Crippen LogP contribution in [0.3, 0.4) is 0 Å². The van der Waals surface area contributed by atoms with Gasteiger partial charge in [-0.15, -0.1) is 24.0 Å². The Morgan fingerprint density at radius 1 is 1.35 bits per heavy atom. The number of hydrogen-bond donors (Lipinski definition) is 1. The molecule has 0 radical (unpaired) electrons. The maximum atomic E-state index is 5.30. The van der Waals surface area contributed by atoms with Crippen molar-refractivity contribution in [3.63, 3.8) is 0 Å². The van der Waals surface area contributed by atoms with Crippen LogP contribution in [0.1, 0.15) is 30.5 Å². The number of aliphatic imine (C=N–C) groups is 1. The van der Waals surface area contributed by atoms with Crippen molar-refractivity contribution < 1.29 is 4.74 Å². The largest absolute Gasteiger partial charge is 0.384 e. The molecule has 1 aromatic rings. The minimum atomic E-state index is 0. The van der Waals surface area contributed by atoms with Crippen molar-refractivity contribution in [2.24, 2.45) is 10.9 Å². The molecule has 0 bridgehead atoms. The Morgan fingerprint density at radius 2 is 2.04 bits per heavy atom. The number of hydrogen-bond acceptors (Lipinski definition) is 3. The maximum absolute atomic E-state index is 5.30. The second-order valence-electron chi connectivity index (χ2n) is 7.06. The number of benzene rings is 1. The van der Waals surface area contributed by atoms with Crippen molar-refractivity contribution in [2.45, 2.75) is 25.8 Å². The third-order valence-electron chi connectivity index (χ3n) is 5.05. The number of nitrogens with zero attached hydrogens (tertiary/aromatic N) is 3. The normalized spacial score (nSPS) is 18.8. The zero-order chi connectivity index (χ0) is 18.2. The van der Waals surface area contributed by atoms with Gasteiger partial charge in [-0.1, -0.05) is 31.2 Å². The monoisotopic (exact) mass is 474 g/mol. The van der Waals surface area contributed by atoms with Crippen LogP contribution in [0.4, 0.5) is 0 Å². The lowest BCUT2D eigenvalue weighted by molar-refractivity contribution is 0.157. The molecule has 1 fully saturated rings. The van der Waals surface area contributed by atoms with Gasteiger partial charge in [0.1, 0.15) is 0 Å². The summed E-state index contributed by atoms with van der Waals surface area (Å²) in [5.74, 6) is 1.60. The summed E-state index contributed by atoms with van der Waals surface area (Å²) in [6.07, 6.45) is 2.25.